The van der Waals surface area contributed by atoms with Crippen LogP contribution in [0.25, 0.3) is 0 Å². The zero-order valence-corrected chi connectivity index (χ0v) is 10.1. The van der Waals surface area contributed by atoms with Gasteiger partial charge in [-0.3, -0.25) is 10.1 Å². The summed E-state index contributed by atoms with van der Waals surface area (Å²) in [6.45, 7) is 3.79. The first-order valence-corrected chi connectivity index (χ1v) is 5.93. The lowest BCUT2D eigenvalue weighted by atomic mass is 10.2. The molecule has 82 valence electrons. The van der Waals surface area contributed by atoms with E-state index in [0.717, 1.165) is 5.56 Å². The van der Waals surface area contributed by atoms with Crippen molar-refractivity contribution in [1.82, 2.24) is 0 Å². The Morgan fingerprint density at radius 3 is 2.80 bits per heavy atom. The van der Waals surface area contributed by atoms with Gasteiger partial charge < -0.3 is 0 Å². The van der Waals surface area contributed by atoms with Gasteiger partial charge in [-0.05, 0) is 18.6 Å². The van der Waals surface area contributed by atoms with Gasteiger partial charge in [-0.25, -0.2) is 0 Å². The minimum atomic E-state index is -0.351. The SMILES string of the molecule is Cc1ccc(SC(C)CCl)c([N+](=O)[O-])c1. The van der Waals surface area contributed by atoms with E-state index in [1.165, 1.54) is 11.8 Å². The quantitative estimate of drug-likeness (QED) is 0.352. The van der Waals surface area contributed by atoms with Gasteiger partial charge in [0.1, 0.15) is 0 Å². The van der Waals surface area contributed by atoms with Crippen molar-refractivity contribution in [2.24, 2.45) is 0 Å². The van der Waals surface area contributed by atoms with Crippen LogP contribution < -0.4 is 0 Å². The summed E-state index contributed by atoms with van der Waals surface area (Å²) in [5.74, 6) is 0.482. The fourth-order valence-electron chi connectivity index (χ4n) is 1.12. The molecule has 1 aromatic rings. The number of aryl methyl sites for hydroxylation is 1. The number of benzene rings is 1. The number of thioether (sulfide) groups is 1. The molecule has 0 bridgehead atoms. The maximum absolute atomic E-state index is 10.8. The average Bonchev–Trinajstić information content (AvgIpc) is 2.20. The average molecular weight is 246 g/mol. The Kier molecular flexibility index (Phi) is 4.42. The summed E-state index contributed by atoms with van der Waals surface area (Å²) in [7, 11) is 0. The van der Waals surface area contributed by atoms with E-state index >= 15 is 0 Å². The summed E-state index contributed by atoms with van der Waals surface area (Å²) >= 11 is 7.11. The Morgan fingerprint density at radius 2 is 2.27 bits per heavy atom. The van der Waals surface area contributed by atoms with Crippen molar-refractivity contribution in [2.75, 3.05) is 5.88 Å². The van der Waals surface area contributed by atoms with Gasteiger partial charge in [0, 0.05) is 17.2 Å². The van der Waals surface area contributed by atoms with E-state index < -0.39 is 0 Å². The minimum Gasteiger partial charge on any atom is -0.258 e. The Hall–Kier alpha value is -0.740. The van der Waals surface area contributed by atoms with Crippen LogP contribution in [0.5, 0.6) is 0 Å². The molecule has 0 aliphatic heterocycles. The maximum Gasteiger partial charge on any atom is 0.283 e. The van der Waals surface area contributed by atoms with Gasteiger partial charge in [-0.1, -0.05) is 13.0 Å². The molecule has 15 heavy (non-hydrogen) atoms. The Balaban J connectivity index is 3.01. The van der Waals surface area contributed by atoms with Crippen molar-refractivity contribution >= 4 is 29.1 Å². The summed E-state index contributed by atoms with van der Waals surface area (Å²) in [6, 6.07) is 5.24. The molecule has 0 heterocycles. The molecule has 0 saturated carbocycles. The van der Waals surface area contributed by atoms with Crippen LogP contribution in [0.4, 0.5) is 5.69 Å². The molecule has 0 aliphatic rings. The van der Waals surface area contributed by atoms with Gasteiger partial charge >= 0.3 is 0 Å². The number of rotatable bonds is 4. The molecule has 1 unspecified atom stereocenters. The minimum absolute atomic E-state index is 0.164. The second kappa shape index (κ2) is 5.37. The van der Waals surface area contributed by atoms with E-state index in [1.807, 2.05) is 19.9 Å². The summed E-state index contributed by atoms with van der Waals surface area (Å²) in [4.78, 5) is 11.1. The first kappa shape index (κ1) is 12.3. The third-order valence-corrected chi connectivity index (χ3v) is 3.67. The predicted molar refractivity (Wildman–Crippen MR) is 63.9 cm³/mol. The van der Waals surface area contributed by atoms with Crippen LogP contribution in [0.15, 0.2) is 23.1 Å². The van der Waals surface area contributed by atoms with Crippen molar-refractivity contribution in [1.29, 1.82) is 0 Å². The first-order valence-electron chi connectivity index (χ1n) is 4.52. The first-order chi connectivity index (χ1) is 7.04. The highest BCUT2D eigenvalue weighted by molar-refractivity contribution is 8.00. The number of hydrogen-bond acceptors (Lipinski definition) is 3. The molecule has 0 aromatic heterocycles. The molecule has 0 spiro atoms. The lowest BCUT2D eigenvalue weighted by molar-refractivity contribution is -0.387. The van der Waals surface area contributed by atoms with Crippen LogP contribution in [-0.4, -0.2) is 16.1 Å². The van der Waals surface area contributed by atoms with Gasteiger partial charge in [0.2, 0.25) is 0 Å². The number of alkyl halides is 1. The van der Waals surface area contributed by atoms with Gasteiger partial charge in [-0.2, -0.15) is 0 Å². The van der Waals surface area contributed by atoms with E-state index in [2.05, 4.69) is 0 Å². The van der Waals surface area contributed by atoms with Crippen LogP contribution in [0.2, 0.25) is 0 Å². The summed E-state index contributed by atoms with van der Waals surface area (Å²) < 4.78 is 0. The smallest absolute Gasteiger partial charge is 0.258 e. The lowest BCUT2D eigenvalue weighted by Crippen LogP contribution is -1.99. The highest BCUT2D eigenvalue weighted by atomic mass is 35.5. The molecular formula is C10H12ClNO2S. The molecule has 0 N–H and O–H groups in total. The fraction of sp³-hybridized carbons (Fsp3) is 0.400. The third-order valence-electron chi connectivity index (χ3n) is 1.86. The molecule has 0 radical (unpaired) electrons. The van der Waals surface area contributed by atoms with Crippen LogP contribution in [0.3, 0.4) is 0 Å². The van der Waals surface area contributed by atoms with Gasteiger partial charge in [0.05, 0.1) is 9.82 Å². The van der Waals surface area contributed by atoms with Crippen molar-refractivity contribution in [2.45, 2.75) is 24.0 Å². The molecule has 1 atom stereocenters. The van der Waals surface area contributed by atoms with E-state index in [9.17, 15) is 10.1 Å². The van der Waals surface area contributed by atoms with Crippen LogP contribution in [-0.2, 0) is 0 Å². The summed E-state index contributed by atoms with van der Waals surface area (Å²) in [6.07, 6.45) is 0. The van der Waals surface area contributed by atoms with Crippen LogP contribution >= 0.6 is 23.4 Å². The molecule has 0 saturated heterocycles. The predicted octanol–water partition coefficient (Wildman–Crippen LogP) is 3.62. The summed E-state index contributed by atoms with van der Waals surface area (Å²) in [5.41, 5.74) is 1.06. The summed E-state index contributed by atoms with van der Waals surface area (Å²) in [5, 5.41) is 11.0. The lowest BCUT2D eigenvalue weighted by Gasteiger charge is -2.07. The monoisotopic (exact) mass is 245 g/mol. The Labute approximate surface area is 98.0 Å². The molecule has 0 aliphatic carbocycles. The normalized spacial score (nSPS) is 12.5. The zero-order valence-electron chi connectivity index (χ0n) is 8.57. The highest BCUT2D eigenvalue weighted by Gasteiger charge is 2.16. The van der Waals surface area contributed by atoms with E-state index in [-0.39, 0.29) is 15.9 Å². The molecule has 3 nitrogen and oxygen atoms in total. The standard InChI is InChI=1S/C10H12ClNO2S/c1-7-3-4-10(15-8(2)6-11)9(5-7)12(13)14/h3-5,8H,6H2,1-2H3. The number of nitrogens with zero attached hydrogens (tertiary/aromatic N) is 1. The van der Waals surface area contributed by atoms with Gasteiger partial charge in [-0.15, -0.1) is 23.4 Å². The number of hydrogen-bond donors (Lipinski definition) is 0. The zero-order chi connectivity index (χ0) is 11.4. The van der Waals surface area contributed by atoms with Crippen molar-refractivity contribution in [3.8, 4) is 0 Å². The van der Waals surface area contributed by atoms with Crippen molar-refractivity contribution < 1.29 is 4.92 Å². The largest absolute Gasteiger partial charge is 0.283 e. The second-order valence-corrected chi connectivity index (χ2v) is 5.10. The number of nitro benzene ring substituents is 1. The molecule has 0 fully saturated rings. The second-order valence-electron chi connectivity index (χ2n) is 3.31. The molecule has 5 heteroatoms. The third kappa shape index (κ3) is 3.39. The van der Waals surface area contributed by atoms with E-state index in [0.29, 0.717) is 10.8 Å². The van der Waals surface area contributed by atoms with Crippen molar-refractivity contribution in [3.05, 3.63) is 33.9 Å². The molecule has 0 amide bonds. The molecular weight excluding hydrogens is 234 g/mol. The molecule has 1 rings (SSSR count). The number of halogens is 1. The molecule has 1 aromatic carbocycles. The van der Waals surface area contributed by atoms with Crippen molar-refractivity contribution in [3.63, 3.8) is 0 Å². The van der Waals surface area contributed by atoms with Crippen LogP contribution in [0, 0.1) is 17.0 Å². The highest BCUT2D eigenvalue weighted by Crippen LogP contribution is 2.32. The van der Waals surface area contributed by atoms with Crippen LogP contribution in [0.1, 0.15) is 12.5 Å². The van der Waals surface area contributed by atoms with Gasteiger partial charge in [0.25, 0.3) is 5.69 Å². The topological polar surface area (TPSA) is 43.1 Å². The van der Waals surface area contributed by atoms with E-state index in [4.69, 9.17) is 11.6 Å². The number of nitro groups is 1. The van der Waals surface area contributed by atoms with E-state index in [1.54, 1.807) is 12.1 Å². The maximum atomic E-state index is 10.8. The van der Waals surface area contributed by atoms with Gasteiger partial charge in [0.15, 0.2) is 0 Å². The fourth-order valence-corrected chi connectivity index (χ4v) is 2.20. The Morgan fingerprint density at radius 1 is 1.60 bits per heavy atom. The Bertz CT molecular complexity index is 370.